The van der Waals surface area contributed by atoms with E-state index in [9.17, 15) is 14.4 Å². The third-order valence-corrected chi connectivity index (χ3v) is 4.64. The van der Waals surface area contributed by atoms with E-state index in [-0.39, 0.29) is 29.8 Å². The molecular formula is C16H16N4O3S. The Bertz CT molecular complexity index is 832. The smallest absolute Gasteiger partial charge is 0.254 e. The Morgan fingerprint density at radius 2 is 1.88 bits per heavy atom. The number of nitrogens with zero attached hydrogens (tertiary/aromatic N) is 2. The standard InChI is InChI=1S/C16H16N4O3S/c1-10(21)18-11-2-4-12(5-3-11)19-14(22)8-13-9-24-16-17-7-6-15(23)20(13)16/h2-7,13H,8-9H2,1H3,(H,18,21)(H,19,22). The van der Waals surface area contributed by atoms with Crippen LogP contribution in [0.15, 0.2) is 46.5 Å². The Labute approximate surface area is 142 Å². The van der Waals surface area contributed by atoms with Gasteiger partial charge in [-0.1, -0.05) is 11.8 Å². The molecule has 3 rings (SSSR count). The third kappa shape index (κ3) is 3.65. The topological polar surface area (TPSA) is 93.1 Å². The van der Waals surface area contributed by atoms with Crippen LogP contribution < -0.4 is 16.2 Å². The lowest BCUT2D eigenvalue weighted by Crippen LogP contribution is -2.26. The highest BCUT2D eigenvalue weighted by atomic mass is 32.2. The van der Waals surface area contributed by atoms with Crippen molar-refractivity contribution in [2.45, 2.75) is 24.5 Å². The van der Waals surface area contributed by atoms with Crippen LogP contribution in [0.4, 0.5) is 11.4 Å². The molecule has 0 radical (unpaired) electrons. The SMILES string of the molecule is CC(=O)Nc1ccc(NC(=O)CC2CSc3nccc(=O)n32)cc1. The van der Waals surface area contributed by atoms with Gasteiger partial charge in [0.05, 0.1) is 6.04 Å². The number of amides is 2. The molecular weight excluding hydrogens is 328 g/mol. The van der Waals surface area contributed by atoms with Crippen molar-refractivity contribution in [3.05, 3.63) is 46.9 Å². The molecule has 7 nitrogen and oxygen atoms in total. The zero-order chi connectivity index (χ0) is 17.1. The van der Waals surface area contributed by atoms with E-state index < -0.39 is 0 Å². The van der Waals surface area contributed by atoms with Crippen LogP contribution in [0, 0.1) is 0 Å². The van der Waals surface area contributed by atoms with Crippen molar-refractivity contribution in [1.82, 2.24) is 9.55 Å². The summed E-state index contributed by atoms with van der Waals surface area (Å²) in [6.07, 6.45) is 1.69. The van der Waals surface area contributed by atoms with Gasteiger partial charge in [-0.15, -0.1) is 0 Å². The number of carbonyl (C=O) groups excluding carboxylic acids is 2. The molecule has 0 saturated carbocycles. The van der Waals surface area contributed by atoms with Crippen molar-refractivity contribution >= 4 is 35.0 Å². The molecule has 1 aromatic carbocycles. The number of aromatic nitrogens is 2. The van der Waals surface area contributed by atoms with Gasteiger partial charge < -0.3 is 10.6 Å². The molecule has 2 N–H and O–H groups in total. The largest absolute Gasteiger partial charge is 0.326 e. The van der Waals surface area contributed by atoms with Crippen molar-refractivity contribution in [3.8, 4) is 0 Å². The summed E-state index contributed by atoms with van der Waals surface area (Å²) in [4.78, 5) is 39.3. The molecule has 1 aromatic heterocycles. The summed E-state index contributed by atoms with van der Waals surface area (Å²) in [5.74, 6) is 0.334. The molecule has 1 unspecified atom stereocenters. The quantitative estimate of drug-likeness (QED) is 0.826. The highest BCUT2D eigenvalue weighted by Crippen LogP contribution is 2.31. The molecule has 1 aliphatic rings. The molecule has 8 heteroatoms. The molecule has 1 atom stereocenters. The van der Waals surface area contributed by atoms with E-state index in [0.29, 0.717) is 22.3 Å². The summed E-state index contributed by atoms with van der Waals surface area (Å²) in [7, 11) is 0. The summed E-state index contributed by atoms with van der Waals surface area (Å²) < 4.78 is 1.57. The second-order valence-electron chi connectivity index (χ2n) is 5.41. The first-order chi connectivity index (χ1) is 11.5. The highest BCUT2D eigenvalue weighted by molar-refractivity contribution is 7.99. The second-order valence-corrected chi connectivity index (χ2v) is 6.40. The lowest BCUT2D eigenvalue weighted by Gasteiger charge is -2.13. The van der Waals surface area contributed by atoms with Gasteiger partial charge >= 0.3 is 0 Å². The minimum absolute atomic E-state index is 0.137. The molecule has 2 aromatic rings. The molecule has 0 bridgehead atoms. The fourth-order valence-corrected chi connectivity index (χ4v) is 3.63. The van der Waals surface area contributed by atoms with Crippen LogP contribution in [0.1, 0.15) is 19.4 Å². The van der Waals surface area contributed by atoms with Crippen LogP contribution in [0.5, 0.6) is 0 Å². The Morgan fingerprint density at radius 3 is 2.54 bits per heavy atom. The van der Waals surface area contributed by atoms with Crippen LogP contribution >= 0.6 is 11.8 Å². The van der Waals surface area contributed by atoms with Gasteiger partial charge in [-0.3, -0.25) is 19.0 Å². The Hall–Kier alpha value is -2.61. The molecule has 0 fully saturated rings. The van der Waals surface area contributed by atoms with E-state index in [4.69, 9.17) is 0 Å². The van der Waals surface area contributed by atoms with E-state index in [1.165, 1.54) is 30.9 Å². The summed E-state index contributed by atoms with van der Waals surface area (Å²) in [6.45, 7) is 1.43. The van der Waals surface area contributed by atoms with Crippen LogP contribution in [0.25, 0.3) is 0 Å². The number of nitrogens with one attached hydrogen (secondary N) is 2. The molecule has 0 spiro atoms. The van der Waals surface area contributed by atoms with Gasteiger partial charge in [-0.2, -0.15) is 0 Å². The van der Waals surface area contributed by atoms with Gasteiger partial charge in [0, 0.05) is 42.7 Å². The van der Waals surface area contributed by atoms with Crippen molar-refractivity contribution < 1.29 is 9.59 Å². The first kappa shape index (κ1) is 16.3. The monoisotopic (exact) mass is 344 g/mol. The summed E-state index contributed by atoms with van der Waals surface area (Å²) in [6, 6.07) is 8.08. The van der Waals surface area contributed by atoms with Gasteiger partial charge in [-0.25, -0.2) is 4.98 Å². The number of hydrogen-bond acceptors (Lipinski definition) is 5. The van der Waals surface area contributed by atoms with Crippen LogP contribution in [-0.2, 0) is 9.59 Å². The predicted octanol–water partition coefficient (Wildman–Crippen LogP) is 1.88. The molecule has 124 valence electrons. The molecule has 24 heavy (non-hydrogen) atoms. The maximum absolute atomic E-state index is 12.2. The zero-order valence-corrected chi connectivity index (χ0v) is 13.8. The Kier molecular flexibility index (Phi) is 4.66. The van der Waals surface area contributed by atoms with Crippen LogP contribution in [-0.4, -0.2) is 27.1 Å². The molecule has 0 aliphatic carbocycles. The number of carbonyl (C=O) groups is 2. The number of benzene rings is 1. The molecule has 2 heterocycles. The number of hydrogen-bond donors (Lipinski definition) is 2. The normalized spacial score (nSPS) is 15.6. The molecule has 1 aliphatic heterocycles. The van der Waals surface area contributed by atoms with E-state index in [0.717, 1.165) is 0 Å². The van der Waals surface area contributed by atoms with E-state index in [2.05, 4.69) is 15.6 Å². The second kappa shape index (κ2) is 6.88. The summed E-state index contributed by atoms with van der Waals surface area (Å²) in [5.41, 5.74) is 1.17. The lowest BCUT2D eigenvalue weighted by atomic mass is 10.2. The fraction of sp³-hybridized carbons (Fsp3) is 0.250. The third-order valence-electron chi connectivity index (χ3n) is 3.53. The van der Waals surface area contributed by atoms with Gasteiger partial charge in [0.1, 0.15) is 0 Å². The molecule has 2 amide bonds. The Balaban J connectivity index is 1.63. The summed E-state index contributed by atoms with van der Waals surface area (Å²) in [5, 5.41) is 6.12. The average molecular weight is 344 g/mol. The van der Waals surface area contributed by atoms with Crippen molar-refractivity contribution in [3.63, 3.8) is 0 Å². The first-order valence-electron chi connectivity index (χ1n) is 7.41. The van der Waals surface area contributed by atoms with Gasteiger partial charge in [0.25, 0.3) is 5.56 Å². The molecule has 0 saturated heterocycles. The number of rotatable bonds is 4. The van der Waals surface area contributed by atoms with Crippen LogP contribution in [0.2, 0.25) is 0 Å². The van der Waals surface area contributed by atoms with Crippen LogP contribution in [0.3, 0.4) is 0 Å². The maximum atomic E-state index is 12.2. The average Bonchev–Trinajstić information content (AvgIpc) is 2.93. The predicted molar refractivity (Wildman–Crippen MR) is 92.3 cm³/mol. The van der Waals surface area contributed by atoms with Crippen molar-refractivity contribution in [1.29, 1.82) is 0 Å². The number of anilines is 2. The van der Waals surface area contributed by atoms with E-state index >= 15 is 0 Å². The number of fused-ring (bicyclic) bond motifs is 1. The van der Waals surface area contributed by atoms with Gasteiger partial charge in [0.2, 0.25) is 11.8 Å². The van der Waals surface area contributed by atoms with Crippen molar-refractivity contribution in [2.75, 3.05) is 16.4 Å². The van der Waals surface area contributed by atoms with E-state index in [1.807, 2.05) is 0 Å². The Morgan fingerprint density at radius 1 is 1.21 bits per heavy atom. The maximum Gasteiger partial charge on any atom is 0.254 e. The lowest BCUT2D eigenvalue weighted by molar-refractivity contribution is -0.117. The fourth-order valence-electron chi connectivity index (χ4n) is 2.51. The summed E-state index contributed by atoms with van der Waals surface area (Å²) >= 11 is 1.48. The first-order valence-corrected chi connectivity index (χ1v) is 8.39. The number of thioether (sulfide) groups is 1. The van der Waals surface area contributed by atoms with Crippen molar-refractivity contribution in [2.24, 2.45) is 0 Å². The minimum Gasteiger partial charge on any atom is -0.326 e. The zero-order valence-electron chi connectivity index (χ0n) is 13.0. The van der Waals surface area contributed by atoms with Gasteiger partial charge in [-0.05, 0) is 24.3 Å². The van der Waals surface area contributed by atoms with E-state index in [1.54, 1.807) is 28.8 Å². The van der Waals surface area contributed by atoms with Gasteiger partial charge in [0.15, 0.2) is 5.16 Å². The minimum atomic E-state index is -0.190. The highest BCUT2D eigenvalue weighted by Gasteiger charge is 2.26.